The third-order valence-corrected chi connectivity index (χ3v) is 4.24. The van der Waals surface area contributed by atoms with E-state index in [4.69, 9.17) is 5.73 Å². The van der Waals surface area contributed by atoms with Gasteiger partial charge in [-0.3, -0.25) is 19.6 Å². The van der Waals surface area contributed by atoms with E-state index < -0.39 is 32.4 Å². The van der Waals surface area contributed by atoms with Gasteiger partial charge >= 0.3 is 5.69 Å². The number of rotatable bonds is 5. The standard InChI is InChI=1S/C13H10FN3O5S/c14-11-6-3-9(7-12(11)17(19)20)16-23(21,22)10-4-1-8(2-5-10)13(15)18/h1-7,16H,(H2,15,18). The molecule has 2 rings (SSSR count). The van der Waals surface area contributed by atoms with Crippen LogP contribution in [0.5, 0.6) is 0 Å². The van der Waals surface area contributed by atoms with Gasteiger partial charge in [0.15, 0.2) is 0 Å². The molecule has 0 fully saturated rings. The monoisotopic (exact) mass is 339 g/mol. The van der Waals surface area contributed by atoms with Crippen LogP contribution in [0.4, 0.5) is 15.8 Å². The quantitative estimate of drug-likeness (QED) is 0.631. The van der Waals surface area contributed by atoms with E-state index in [-0.39, 0.29) is 16.1 Å². The van der Waals surface area contributed by atoms with Gasteiger partial charge in [0, 0.05) is 11.6 Å². The van der Waals surface area contributed by atoms with Crippen molar-refractivity contribution in [3.8, 4) is 0 Å². The number of nitrogens with zero attached hydrogens (tertiary/aromatic N) is 1. The number of hydrogen-bond donors (Lipinski definition) is 2. The summed E-state index contributed by atoms with van der Waals surface area (Å²) in [6.07, 6.45) is 0. The maximum atomic E-state index is 13.2. The lowest BCUT2D eigenvalue weighted by Crippen LogP contribution is -2.14. The lowest BCUT2D eigenvalue weighted by Gasteiger charge is -2.08. The first-order valence-corrected chi connectivity index (χ1v) is 7.55. The van der Waals surface area contributed by atoms with Crippen LogP contribution in [-0.4, -0.2) is 19.2 Å². The number of carbonyl (C=O) groups excluding carboxylic acids is 1. The molecule has 0 radical (unpaired) electrons. The molecule has 8 nitrogen and oxygen atoms in total. The highest BCUT2D eigenvalue weighted by molar-refractivity contribution is 7.92. The third kappa shape index (κ3) is 3.61. The van der Waals surface area contributed by atoms with Gasteiger partial charge in [-0.25, -0.2) is 8.42 Å². The number of anilines is 1. The van der Waals surface area contributed by atoms with Crippen molar-refractivity contribution in [2.24, 2.45) is 5.73 Å². The number of halogens is 1. The number of nitro groups is 1. The van der Waals surface area contributed by atoms with Gasteiger partial charge in [0.2, 0.25) is 11.7 Å². The van der Waals surface area contributed by atoms with Gasteiger partial charge in [0.05, 0.1) is 15.5 Å². The fourth-order valence-corrected chi connectivity index (χ4v) is 2.78. The minimum absolute atomic E-state index is 0.126. The van der Waals surface area contributed by atoms with Crippen molar-refractivity contribution >= 4 is 27.3 Å². The maximum Gasteiger partial charge on any atom is 0.306 e. The molecule has 23 heavy (non-hydrogen) atoms. The van der Waals surface area contributed by atoms with E-state index in [1.807, 2.05) is 0 Å². The lowest BCUT2D eigenvalue weighted by atomic mass is 10.2. The average molecular weight is 339 g/mol. The number of hydrogen-bond acceptors (Lipinski definition) is 5. The molecule has 0 aromatic heterocycles. The normalized spacial score (nSPS) is 11.0. The van der Waals surface area contributed by atoms with Crippen LogP contribution in [-0.2, 0) is 10.0 Å². The van der Waals surface area contributed by atoms with Gasteiger partial charge in [-0.1, -0.05) is 0 Å². The van der Waals surface area contributed by atoms with Gasteiger partial charge in [0.25, 0.3) is 10.0 Å². The molecule has 0 aliphatic carbocycles. The molecule has 0 unspecified atom stereocenters. The number of nitrogens with two attached hydrogens (primary N) is 1. The molecule has 10 heteroatoms. The van der Waals surface area contributed by atoms with E-state index in [9.17, 15) is 27.7 Å². The minimum atomic E-state index is -4.06. The van der Waals surface area contributed by atoms with Crippen molar-refractivity contribution in [3.63, 3.8) is 0 Å². The Hall–Kier alpha value is -3.01. The zero-order valence-electron chi connectivity index (χ0n) is 11.4. The second kappa shape index (κ2) is 6.01. The zero-order valence-corrected chi connectivity index (χ0v) is 12.2. The van der Waals surface area contributed by atoms with E-state index in [2.05, 4.69) is 4.72 Å². The molecule has 0 atom stereocenters. The van der Waals surface area contributed by atoms with Crippen molar-refractivity contribution in [2.75, 3.05) is 4.72 Å². The zero-order chi connectivity index (χ0) is 17.2. The Bertz CT molecular complexity index is 881. The van der Waals surface area contributed by atoms with Crippen LogP contribution in [0.15, 0.2) is 47.4 Å². The number of sulfonamides is 1. The smallest absolute Gasteiger partial charge is 0.306 e. The highest BCUT2D eigenvalue weighted by Crippen LogP contribution is 2.24. The summed E-state index contributed by atoms with van der Waals surface area (Å²) in [5.41, 5.74) is 4.16. The number of carbonyl (C=O) groups is 1. The van der Waals surface area contributed by atoms with E-state index in [1.54, 1.807) is 0 Å². The Morgan fingerprint density at radius 1 is 1.17 bits per heavy atom. The fourth-order valence-electron chi connectivity index (χ4n) is 1.73. The third-order valence-electron chi connectivity index (χ3n) is 2.84. The molecule has 3 N–H and O–H groups in total. The molecular weight excluding hydrogens is 329 g/mol. The summed E-state index contributed by atoms with van der Waals surface area (Å²) < 4.78 is 39.6. The van der Waals surface area contributed by atoms with E-state index in [0.717, 1.165) is 30.3 Å². The Morgan fingerprint density at radius 3 is 2.30 bits per heavy atom. The minimum Gasteiger partial charge on any atom is -0.366 e. The van der Waals surface area contributed by atoms with Crippen LogP contribution in [0.2, 0.25) is 0 Å². The van der Waals surface area contributed by atoms with Crippen molar-refractivity contribution in [1.29, 1.82) is 0 Å². The number of primary amides is 1. The van der Waals surface area contributed by atoms with Crippen molar-refractivity contribution in [3.05, 3.63) is 64.0 Å². The van der Waals surface area contributed by atoms with Crippen LogP contribution < -0.4 is 10.5 Å². The Kier molecular flexibility index (Phi) is 4.27. The van der Waals surface area contributed by atoms with Gasteiger partial charge in [-0.15, -0.1) is 0 Å². The van der Waals surface area contributed by atoms with Crippen LogP contribution in [0.1, 0.15) is 10.4 Å². The second-order valence-electron chi connectivity index (χ2n) is 4.42. The van der Waals surface area contributed by atoms with Crippen LogP contribution in [0.3, 0.4) is 0 Å². The number of amides is 1. The van der Waals surface area contributed by atoms with Gasteiger partial charge in [0.1, 0.15) is 0 Å². The Balaban J connectivity index is 2.33. The average Bonchev–Trinajstić information content (AvgIpc) is 2.48. The fraction of sp³-hybridized carbons (Fsp3) is 0. The molecule has 0 saturated heterocycles. The highest BCUT2D eigenvalue weighted by atomic mass is 32.2. The molecule has 0 aliphatic rings. The van der Waals surface area contributed by atoms with E-state index in [0.29, 0.717) is 0 Å². The first-order valence-electron chi connectivity index (χ1n) is 6.07. The van der Waals surface area contributed by atoms with Gasteiger partial charge < -0.3 is 5.73 Å². The molecule has 120 valence electrons. The number of nitro benzene ring substituents is 1. The van der Waals surface area contributed by atoms with Gasteiger partial charge in [-0.2, -0.15) is 4.39 Å². The molecular formula is C13H10FN3O5S. The predicted octanol–water partition coefficient (Wildman–Crippen LogP) is 1.63. The van der Waals surface area contributed by atoms with Gasteiger partial charge in [-0.05, 0) is 36.4 Å². The second-order valence-corrected chi connectivity index (χ2v) is 6.10. The summed E-state index contributed by atoms with van der Waals surface area (Å²) in [5.74, 6) is -1.79. The van der Waals surface area contributed by atoms with Crippen molar-refractivity contribution in [1.82, 2.24) is 0 Å². The number of benzene rings is 2. The lowest BCUT2D eigenvalue weighted by molar-refractivity contribution is -0.387. The first-order chi connectivity index (χ1) is 10.7. The summed E-state index contributed by atoms with van der Waals surface area (Å²) in [5, 5.41) is 10.7. The summed E-state index contributed by atoms with van der Waals surface area (Å²) in [4.78, 5) is 20.5. The molecule has 2 aromatic rings. The molecule has 1 amide bonds. The Morgan fingerprint density at radius 2 is 1.78 bits per heavy atom. The molecule has 0 saturated carbocycles. The largest absolute Gasteiger partial charge is 0.366 e. The van der Waals surface area contributed by atoms with Crippen LogP contribution in [0.25, 0.3) is 0 Å². The topological polar surface area (TPSA) is 132 Å². The summed E-state index contributed by atoms with van der Waals surface area (Å²) >= 11 is 0. The number of nitrogens with one attached hydrogen (secondary N) is 1. The van der Waals surface area contributed by atoms with Crippen LogP contribution >= 0.6 is 0 Å². The molecule has 0 bridgehead atoms. The maximum absolute atomic E-state index is 13.2. The first kappa shape index (κ1) is 16.4. The molecule has 0 spiro atoms. The molecule has 2 aromatic carbocycles. The molecule has 0 heterocycles. The van der Waals surface area contributed by atoms with Crippen LogP contribution in [0, 0.1) is 15.9 Å². The predicted molar refractivity (Wildman–Crippen MR) is 78.8 cm³/mol. The van der Waals surface area contributed by atoms with E-state index in [1.165, 1.54) is 12.1 Å². The van der Waals surface area contributed by atoms with E-state index >= 15 is 0 Å². The summed E-state index contributed by atoms with van der Waals surface area (Å²) in [6.45, 7) is 0. The summed E-state index contributed by atoms with van der Waals surface area (Å²) in [6, 6.07) is 7.36. The SMILES string of the molecule is NC(=O)c1ccc(S(=O)(=O)Nc2ccc(F)c([N+](=O)[O-])c2)cc1. The van der Waals surface area contributed by atoms with Crippen molar-refractivity contribution < 1.29 is 22.5 Å². The molecule has 0 aliphatic heterocycles. The summed E-state index contributed by atoms with van der Waals surface area (Å²) in [7, 11) is -4.06. The van der Waals surface area contributed by atoms with Crippen molar-refractivity contribution in [2.45, 2.75) is 4.90 Å². The Labute approximate surface area is 129 Å². The highest BCUT2D eigenvalue weighted by Gasteiger charge is 2.19.